The van der Waals surface area contributed by atoms with Crippen LogP contribution in [0.2, 0.25) is 0 Å². The zero-order valence-corrected chi connectivity index (χ0v) is 12.1. The second-order valence-corrected chi connectivity index (χ2v) is 4.90. The highest BCUT2D eigenvalue weighted by Crippen LogP contribution is 2.03. The van der Waals surface area contributed by atoms with Gasteiger partial charge < -0.3 is 5.32 Å². The van der Waals surface area contributed by atoms with Crippen LogP contribution in [-0.2, 0) is 6.54 Å². The average Bonchev–Trinajstić information content (AvgIpc) is 2.60. The number of nitrogens with zero attached hydrogens (tertiary/aromatic N) is 3. The highest BCUT2D eigenvalue weighted by molar-refractivity contribution is 5.93. The number of benzene rings is 1. The molecule has 1 amide bonds. The number of nitrogens with one attached hydrogen (secondary N) is 1. The minimum Gasteiger partial charge on any atom is -0.348 e. The molecule has 112 valence electrons. The number of aromatic nitrogens is 2. The molecule has 1 aromatic carbocycles. The number of amides is 1. The molecule has 2 heterocycles. The molecule has 0 aliphatic carbocycles. The summed E-state index contributed by atoms with van der Waals surface area (Å²) in [6, 6.07) is 14.1. The Morgan fingerprint density at radius 3 is 2.74 bits per heavy atom. The van der Waals surface area contributed by atoms with Crippen molar-refractivity contribution in [2.24, 2.45) is 0 Å². The van der Waals surface area contributed by atoms with Gasteiger partial charge in [0.15, 0.2) is 0 Å². The van der Waals surface area contributed by atoms with Gasteiger partial charge in [0.05, 0.1) is 11.6 Å². The number of hydrogen-bond acceptors (Lipinski definition) is 4. The van der Waals surface area contributed by atoms with Crippen LogP contribution in [0.4, 0.5) is 0 Å². The van der Waals surface area contributed by atoms with Gasteiger partial charge in [0.2, 0.25) is 0 Å². The van der Waals surface area contributed by atoms with Gasteiger partial charge >= 0.3 is 0 Å². The van der Waals surface area contributed by atoms with E-state index in [2.05, 4.69) is 10.3 Å². The number of carbonyl (C=O) groups is 1. The third-order valence-electron chi connectivity index (χ3n) is 3.39. The Kier molecular flexibility index (Phi) is 3.85. The summed E-state index contributed by atoms with van der Waals surface area (Å²) in [7, 11) is 0. The number of fused-ring (bicyclic) bond motifs is 1. The first-order valence-electron chi connectivity index (χ1n) is 6.92. The van der Waals surface area contributed by atoms with Gasteiger partial charge in [-0.1, -0.05) is 18.2 Å². The van der Waals surface area contributed by atoms with Crippen molar-refractivity contribution >= 4 is 11.6 Å². The molecule has 6 nitrogen and oxygen atoms in total. The predicted molar refractivity (Wildman–Crippen MR) is 83.8 cm³/mol. The van der Waals surface area contributed by atoms with Crippen molar-refractivity contribution < 1.29 is 4.79 Å². The van der Waals surface area contributed by atoms with E-state index in [9.17, 15) is 9.59 Å². The maximum Gasteiger partial charge on any atom is 0.270 e. The fourth-order valence-corrected chi connectivity index (χ4v) is 2.16. The quantitative estimate of drug-likeness (QED) is 0.794. The molecular formula is C17H12N4O2. The summed E-state index contributed by atoms with van der Waals surface area (Å²) in [6.07, 6.45) is 2.86. The summed E-state index contributed by atoms with van der Waals surface area (Å²) in [6.45, 7) is 0.265. The van der Waals surface area contributed by atoms with Crippen molar-refractivity contribution in [1.29, 1.82) is 5.26 Å². The molecule has 6 heteroatoms. The minimum absolute atomic E-state index is 0.0117. The van der Waals surface area contributed by atoms with E-state index < -0.39 is 11.5 Å². The van der Waals surface area contributed by atoms with E-state index in [1.165, 1.54) is 10.6 Å². The molecule has 0 aliphatic heterocycles. The first-order chi connectivity index (χ1) is 11.2. The topological polar surface area (TPSA) is 87.3 Å². The molecule has 0 unspecified atom stereocenters. The molecule has 2 aromatic heterocycles. The van der Waals surface area contributed by atoms with E-state index >= 15 is 0 Å². The first kappa shape index (κ1) is 14.5. The van der Waals surface area contributed by atoms with Crippen molar-refractivity contribution in [3.05, 3.63) is 81.9 Å². The summed E-state index contributed by atoms with van der Waals surface area (Å²) < 4.78 is 1.33. The van der Waals surface area contributed by atoms with Gasteiger partial charge in [-0.2, -0.15) is 5.26 Å². The SMILES string of the molecule is N#Cc1ccc(CNC(=O)c2cnc3ccccn3c2=O)cc1. The molecule has 0 aliphatic rings. The van der Waals surface area contributed by atoms with Crippen molar-refractivity contribution in [3.63, 3.8) is 0 Å². The van der Waals surface area contributed by atoms with Crippen LogP contribution in [0.1, 0.15) is 21.5 Å². The Balaban J connectivity index is 1.79. The Labute approximate surface area is 131 Å². The molecular weight excluding hydrogens is 292 g/mol. The fraction of sp³-hybridized carbons (Fsp3) is 0.0588. The van der Waals surface area contributed by atoms with Crippen LogP contribution in [0.25, 0.3) is 5.65 Å². The van der Waals surface area contributed by atoms with Crippen molar-refractivity contribution in [2.75, 3.05) is 0 Å². The van der Waals surface area contributed by atoms with E-state index in [1.807, 2.05) is 6.07 Å². The van der Waals surface area contributed by atoms with E-state index in [4.69, 9.17) is 5.26 Å². The summed E-state index contributed by atoms with van der Waals surface area (Å²) in [5, 5.41) is 11.4. The van der Waals surface area contributed by atoms with Gasteiger partial charge in [0.25, 0.3) is 11.5 Å². The first-order valence-corrected chi connectivity index (χ1v) is 6.92. The molecule has 0 radical (unpaired) electrons. The third-order valence-corrected chi connectivity index (χ3v) is 3.39. The summed E-state index contributed by atoms with van der Waals surface area (Å²) in [5.74, 6) is -0.481. The van der Waals surface area contributed by atoms with Crippen molar-refractivity contribution in [3.8, 4) is 6.07 Å². The van der Waals surface area contributed by atoms with Gasteiger partial charge in [-0.15, -0.1) is 0 Å². The predicted octanol–water partition coefficient (Wildman–Crippen LogP) is 1.50. The number of pyridine rings is 1. The van der Waals surface area contributed by atoms with E-state index in [1.54, 1.807) is 48.7 Å². The maximum atomic E-state index is 12.3. The van der Waals surface area contributed by atoms with Crippen LogP contribution in [0.3, 0.4) is 0 Å². The van der Waals surface area contributed by atoms with Crippen LogP contribution < -0.4 is 10.9 Å². The van der Waals surface area contributed by atoms with Gasteiger partial charge in [0, 0.05) is 18.9 Å². The normalized spacial score (nSPS) is 10.2. The zero-order valence-electron chi connectivity index (χ0n) is 12.1. The molecule has 3 rings (SSSR count). The number of nitriles is 1. The molecule has 3 aromatic rings. The molecule has 0 fully saturated rings. The van der Waals surface area contributed by atoms with Crippen LogP contribution in [-0.4, -0.2) is 15.3 Å². The summed E-state index contributed by atoms with van der Waals surface area (Å²) >= 11 is 0. The maximum absolute atomic E-state index is 12.3. The molecule has 0 saturated carbocycles. The van der Waals surface area contributed by atoms with E-state index in [0.29, 0.717) is 11.2 Å². The van der Waals surface area contributed by atoms with Gasteiger partial charge in [-0.05, 0) is 29.8 Å². The van der Waals surface area contributed by atoms with Crippen molar-refractivity contribution in [2.45, 2.75) is 6.54 Å². The van der Waals surface area contributed by atoms with Crippen LogP contribution >= 0.6 is 0 Å². The van der Waals surface area contributed by atoms with Crippen molar-refractivity contribution in [1.82, 2.24) is 14.7 Å². The molecule has 0 spiro atoms. The van der Waals surface area contributed by atoms with Crippen LogP contribution in [0.15, 0.2) is 59.7 Å². The van der Waals surface area contributed by atoms with E-state index in [-0.39, 0.29) is 12.1 Å². The number of carbonyl (C=O) groups excluding carboxylic acids is 1. The average molecular weight is 304 g/mol. The lowest BCUT2D eigenvalue weighted by Crippen LogP contribution is -2.31. The van der Waals surface area contributed by atoms with Crippen LogP contribution in [0.5, 0.6) is 0 Å². The second-order valence-electron chi connectivity index (χ2n) is 4.90. The monoisotopic (exact) mass is 304 g/mol. The standard InChI is InChI=1S/C17H12N4O2/c18-9-12-4-6-13(7-5-12)10-20-16(22)14-11-19-15-3-1-2-8-21(15)17(14)23/h1-8,11H,10H2,(H,20,22). The second kappa shape index (κ2) is 6.12. The lowest BCUT2D eigenvalue weighted by molar-refractivity contribution is 0.0949. The smallest absolute Gasteiger partial charge is 0.270 e. The summed E-state index contributed by atoms with van der Waals surface area (Å²) in [4.78, 5) is 28.6. The molecule has 0 saturated heterocycles. The highest BCUT2D eigenvalue weighted by atomic mass is 16.2. The summed E-state index contributed by atoms with van der Waals surface area (Å²) in [5.41, 5.74) is 1.46. The number of hydrogen-bond donors (Lipinski definition) is 1. The fourth-order valence-electron chi connectivity index (χ4n) is 2.16. The zero-order chi connectivity index (χ0) is 16.2. The van der Waals surface area contributed by atoms with Gasteiger partial charge in [-0.25, -0.2) is 4.98 Å². The Morgan fingerprint density at radius 1 is 1.22 bits per heavy atom. The van der Waals surface area contributed by atoms with Gasteiger partial charge in [0.1, 0.15) is 11.2 Å². The number of rotatable bonds is 3. The molecule has 0 atom stereocenters. The molecule has 1 N–H and O–H groups in total. The van der Waals surface area contributed by atoms with Gasteiger partial charge in [-0.3, -0.25) is 14.0 Å². The largest absolute Gasteiger partial charge is 0.348 e. The highest BCUT2D eigenvalue weighted by Gasteiger charge is 2.12. The lowest BCUT2D eigenvalue weighted by atomic mass is 10.1. The van der Waals surface area contributed by atoms with E-state index in [0.717, 1.165) is 5.56 Å². The molecule has 23 heavy (non-hydrogen) atoms. The Hall–Kier alpha value is -3.46. The molecule has 0 bridgehead atoms. The third kappa shape index (κ3) is 2.94. The lowest BCUT2D eigenvalue weighted by Gasteiger charge is -2.06. The van der Waals surface area contributed by atoms with Crippen LogP contribution in [0, 0.1) is 11.3 Å². The minimum atomic E-state index is -0.481. The Bertz CT molecular complexity index is 968. The Morgan fingerprint density at radius 2 is 2.00 bits per heavy atom.